The van der Waals surface area contributed by atoms with E-state index in [1.807, 2.05) is 92.2 Å². The number of rotatable bonds is 3. The van der Waals surface area contributed by atoms with Crippen molar-refractivity contribution in [2.24, 2.45) is 0 Å². The van der Waals surface area contributed by atoms with Crippen molar-refractivity contribution in [1.29, 1.82) is 0 Å². The molecular formula is C23H21N3O. The van der Waals surface area contributed by atoms with Gasteiger partial charge in [0, 0.05) is 29.2 Å². The van der Waals surface area contributed by atoms with Crippen LogP contribution in [-0.4, -0.2) is 15.3 Å². The number of nitrogens with zero attached hydrogens (tertiary/aromatic N) is 2. The van der Waals surface area contributed by atoms with Crippen LogP contribution in [0, 0.1) is 20.8 Å². The number of carbonyl (C=O) groups excluding carboxylic acids is 1. The second-order valence-corrected chi connectivity index (χ2v) is 6.90. The highest BCUT2D eigenvalue weighted by molar-refractivity contribution is 6.05. The molecule has 4 aromatic rings. The molecule has 2 aromatic heterocycles. The molecule has 4 nitrogen and oxygen atoms in total. The Morgan fingerprint density at radius 2 is 1.81 bits per heavy atom. The molecule has 0 saturated carbocycles. The standard InChI is InChI=1S/C23H21N3O/c1-15-9-10-20(17(3)12-15)23(27)24-19-8-4-7-18(13-19)21-14-26-11-5-6-16(2)22(26)25-21/h4-14H,1-3H3,(H,24,27). The molecule has 0 bridgehead atoms. The number of anilines is 1. The fraction of sp³-hybridized carbons (Fsp3) is 0.130. The Balaban J connectivity index is 1.64. The van der Waals surface area contributed by atoms with Gasteiger partial charge in [-0.1, -0.05) is 35.9 Å². The Labute approximate surface area is 158 Å². The molecule has 0 fully saturated rings. The maximum atomic E-state index is 12.6. The van der Waals surface area contributed by atoms with Crippen molar-refractivity contribution in [3.8, 4) is 11.3 Å². The number of nitrogens with one attached hydrogen (secondary N) is 1. The number of aryl methyl sites for hydroxylation is 3. The maximum absolute atomic E-state index is 12.6. The van der Waals surface area contributed by atoms with Gasteiger partial charge in [0.25, 0.3) is 5.91 Å². The molecule has 0 spiro atoms. The number of benzene rings is 2. The summed E-state index contributed by atoms with van der Waals surface area (Å²) in [4.78, 5) is 17.4. The molecule has 0 unspecified atom stereocenters. The number of pyridine rings is 1. The minimum atomic E-state index is -0.101. The maximum Gasteiger partial charge on any atom is 0.255 e. The summed E-state index contributed by atoms with van der Waals surface area (Å²) in [6.45, 7) is 6.03. The molecule has 0 aliphatic carbocycles. The van der Waals surface area contributed by atoms with Crippen LogP contribution in [0.25, 0.3) is 16.9 Å². The first-order chi connectivity index (χ1) is 13.0. The smallest absolute Gasteiger partial charge is 0.255 e. The highest BCUT2D eigenvalue weighted by Gasteiger charge is 2.11. The van der Waals surface area contributed by atoms with Crippen LogP contribution in [0.3, 0.4) is 0 Å². The fourth-order valence-corrected chi connectivity index (χ4v) is 3.32. The third-order valence-electron chi connectivity index (χ3n) is 4.72. The van der Waals surface area contributed by atoms with Gasteiger partial charge in [-0.2, -0.15) is 0 Å². The third kappa shape index (κ3) is 3.34. The van der Waals surface area contributed by atoms with Crippen LogP contribution in [-0.2, 0) is 0 Å². The summed E-state index contributed by atoms with van der Waals surface area (Å²) in [6.07, 6.45) is 4.00. The van der Waals surface area contributed by atoms with Crippen molar-refractivity contribution in [3.05, 3.63) is 89.2 Å². The van der Waals surface area contributed by atoms with Crippen molar-refractivity contribution in [1.82, 2.24) is 9.38 Å². The molecule has 2 aromatic carbocycles. The largest absolute Gasteiger partial charge is 0.322 e. The van der Waals surface area contributed by atoms with E-state index in [0.717, 1.165) is 39.3 Å². The Bertz CT molecular complexity index is 1160. The molecule has 0 aliphatic heterocycles. The van der Waals surface area contributed by atoms with E-state index >= 15 is 0 Å². The topological polar surface area (TPSA) is 46.4 Å². The van der Waals surface area contributed by atoms with Gasteiger partial charge in [-0.25, -0.2) is 4.98 Å². The van der Waals surface area contributed by atoms with E-state index in [0.29, 0.717) is 5.56 Å². The summed E-state index contributed by atoms with van der Waals surface area (Å²) in [5, 5.41) is 3.00. The van der Waals surface area contributed by atoms with Gasteiger partial charge in [-0.05, 0) is 56.2 Å². The fourth-order valence-electron chi connectivity index (χ4n) is 3.32. The second-order valence-electron chi connectivity index (χ2n) is 6.90. The Kier molecular flexibility index (Phi) is 4.24. The minimum absolute atomic E-state index is 0.101. The Hall–Kier alpha value is -3.40. The number of hydrogen-bond donors (Lipinski definition) is 1. The molecule has 0 aliphatic rings. The second kappa shape index (κ2) is 6.72. The molecular weight excluding hydrogens is 334 g/mol. The van der Waals surface area contributed by atoms with Gasteiger partial charge in [-0.3, -0.25) is 4.79 Å². The van der Waals surface area contributed by atoms with Gasteiger partial charge in [0.2, 0.25) is 0 Å². The monoisotopic (exact) mass is 355 g/mol. The quantitative estimate of drug-likeness (QED) is 0.550. The Morgan fingerprint density at radius 3 is 2.59 bits per heavy atom. The first-order valence-electron chi connectivity index (χ1n) is 8.94. The van der Waals surface area contributed by atoms with Crippen molar-refractivity contribution < 1.29 is 4.79 Å². The zero-order chi connectivity index (χ0) is 19.0. The summed E-state index contributed by atoms with van der Waals surface area (Å²) in [5.41, 5.74) is 7.48. The first-order valence-corrected chi connectivity index (χ1v) is 8.94. The molecule has 27 heavy (non-hydrogen) atoms. The molecule has 2 heterocycles. The third-order valence-corrected chi connectivity index (χ3v) is 4.72. The highest BCUT2D eigenvalue weighted by Crippen LogP contribution is 2.24. The van der Waals surface area contributed by atoms with E-state index in [9.17, 15) is 4.79 Å². The van der Waals surface area contributed by atoms with Gasteiger partial charge >= 0.3 is 0 Å². The van der Waals surface area contributed by atoms with Gasteiger partial charge in [0.15, 0.2) is 0 Å². The number of hydrogen-bond acceptors (Lipinski definition) is 2. The van der Waals surface area contributed by atoms with Crippen LogP contribution in [0.4, 0.5) is 5.69 Å². The summed E-state index contributed by atoms with van der Waals surface area (Å²) in [6, 6.07) is 17.7. The molecule has 0 atom stereocenters. The summed E-state index contributed by atoms with van der Waals surface area (Å²) in [5.74, 6) is -0.101. The average molecular weight is 355 g/mol. The van der Waals surface area contributed by atoms with Crippen molar-refractivity contribution in [2.75, 3.05) is 5.32 Å². The number of amides is 1. The number of aromatic nitrogens is 2. The molecule has 0 saturated heterocycles. The number of fused-ring (bicyclic) bond motifs is 1. The van der Waals surface area contributed by atoms with E-state index in [1.54, 1.807) is 0 Å². The van der Waals surface area contributed by atoms with Gasteiger partial charge in [-0.15, -0.1) is 0 Å². The van der Waals surface area contributed by atoms with Crippen LogP contribution < -0.4 is 5.32 Å². The number of carbonyl (C=O) groups is 1. The Morgan fingerprint density at radius 1 is 0.963 bits per heavy atom. The summed E-state index contributed by atoms with van der Waals surface area (Å²) >= 11 is 0. The van der Waals surface area contributed by atoms with Crippen LogP contribution in [0.2, 0.25) is 0 Å². The van der Waals surface area contributed by atoms with Crippen LogP contribution >= 0.6 is 0 Å². The molecule has 1 amide bonds. The van der Waals surface area contributed by atoms with Crippen molar-refractivity contribution in [3.63, 3.8) is 0 Å². The normalized spacial score (nSPS) is 10.9. The predicted molar refractivity (Wildman–Crippen MR) is 109 cm³/mol. The lowest BCUT2D eigenvalue weighted by molar-refractivity contribution is 0.102. The summed E-state index contributed by atoms with van der Waals surface area (Å²) in [7, 11) is 0. The van der Waals surface area contributed by atoms with Gasteiger partial charge in [0.1, 0.15) is 5.65 Å². The SMILES string of the molecule is Cc1ccc(C(=O)Nc2cccc(-c3cn4cccc(C)c4n3)c2)c(C)c1. The molecule has 134 valence electrons. The molecule has 1 N–H and O–H groups in total. The zero-order valence-electron chi connectivity index (χ0n) is 15.7. The lowest BCUT2D eigenvalue weighted by Crippen LogP contribution is -2.13. The van der Waals surface area contributed by atoms with Crippen LogP contribution in [0.1, 0.15) is 27.0 Å². The van der Waals surface area contributed by atoms with Gasteiger partial charge < -0.3 is 9.72 Å². The lowest BCUT2D eigenvalue weighted by atomic mass is 10.0. The van der Waals surface area contributed by atoms with E-state index < -0.39 is 0 Å². The first kappa shape index (κ1) is 17.0. The van der Waals surface area contributed by atoms with E-state index in [1.165, 1.54) is 0 Å². The molecule has 4 rings (SSSR count). The minimum Gasteiger partial charge on any atom is -0.322 e. The van der Waals surface area contributed by atoms with Gasteiger partial charge in [0.05, 0.1) is 5.69 Å². The van der Waals surface area contributed by atoms with Crippen molar-refractivity contribution >= 4 is 17.2 Å². The van der Waals surface area contributed by atoms with Crippen LogP contribution in [0.5, 0.6) is 0 Å². The van der Waals surface area contributed by atoms with E-state index in [4.69, 9.17) is 4.98 Å². The molecule has 0 radical (unpaired) electrons. The average Bonchev–Trinajstić information content (AvgIpc) is 3.07. The zero-order valence-corrected chi connectivity index (χ0v) is 15.7. The van der Waals surface area contributed by atoms with Crippen LogP contribution in [0.15, 0.2) is 67.0 Å². The number of imidazole rings is 1. The summed E-state index contributed by atoms with van der Waals surface area (Å²) < 4.78 is 2.02. The van der Waals surface area contributed by atoms with Crippen molar-refractivity contribution in [2.45, 2.75) is 20.8 Å². The highest BCUT2D eigenvalue weighted by atomic mass is 16.1. The lowest BCUT2D eigenvalue weighted by Gasteiger charge is -2.09. The van der Waals surface area contributed by atoms with E-state index in [-0.39, 0.29) is 5.91 Å². The predicted octanol–water partition coefficient (Wildman–Crippen LogP) is 5.18. The molecule has 4 heteroatoms. The van der Waals surface area contributed by atoms with E-state index in [2.05, 4.69) is 5.32 Å².